The molecule has 0 aliphatic carbocycles. The second-order valence-corrected chi connectivity index (χ2v) is 9.66. The fourth-order valence-corrected chi connectivity index (χ4v) is 5.88. The number of hydrogen-bond donors (Lipinski definition) is 4. The highest BCUT2D eigenvalue weighted by molar-refractivity contribution is 8.13. The van der Waals surface area contributed by atoms with E-state index in [2.05, 4.69) is 57.4 Å². The van der Waals surface area contributed by atoms with E-state index in [0.717, 1.165) is 34.5 Å². The second-order valence-electron chi connectivity index (χ2n) is 3.42. The van der Waals surface area contributed by atoms with E-state index in [0.29, 0.717) is 15.1 Å². The zero-order valence-corrected chi connectivity index (χ0v) is 16.0. The zero-order chi connectivity index (χ0) is 13.1. The molecule has 0 heterocycles. The Morgan fingerprint density at radius 3 is 2.06 bits per heavy atom. The standard InChI is InChI=1S/C10H22S7/c1-8(15-4-2-11)10(14)17-7-9(6-13)16-5-3-12/h8-14H,2-7H2,1H3/t8?,9-,10?/m1/s1. The Labute approximate surface area is 141 Å². The van der Waals surface area contributed by atoms with Gasteiger partial charge in [-0.15, -0.1) is 11.8 Å². The normalized spacial score (nSPS) is 16.8. The Morgan fingerprint density at radius 2 is 1.53 bits per heavy atom. The second kappa shape index (κ2) is 13.4. The summed E-state index contributed by atoms with van der Waals surface area (Å²) in [5.74, 6) is 6.16. The lowest BCUT2D eigenvalue weighted by Crippen LogP contribution is -2.16. The fourth-order valence-electron chi connectivity index (χ4n) is 1.04. The minimum Gasteiger partial charge on any atom is -0.179 e. The van der Waals surface area contributed by atoms with Crippen molar-refractivity contribution < 1.29 is 0 Å². The summed E-state index contributed by atoms with van der Waals surface area (Å²) in [4.78, 5) is 0. The van der Waals surface area contributed by atoms with E-state index >= 15 is 0 Å². The van der Waals surface area contributed by atoms with Gasteiger partial charge in [0.15, 0.2) is 0 Å². The van der Waals surface area contributed by atoms with Gasteiger partial charge in [0.2, 0.25) is 0 Å². The topological polar surface area (TPSA) is 0 Å². The molecule has 0 aromatic heterocycles. The van der Waals surface area contributed by atoms with Gasteiger partial charge in [-0.3, -0.25) is 0 Å². The molecule has 0 spiro atoms. The van der Waals surface area contributed by atoms with Crippen molar-refractivity contribution in [3.8, 4) is 0 Å². The molecule has 0 rings (SSSR count). The zero-order valence-electron chi connectivity index (χ0n) is 9.99. The van der Waals surface area contributed by atoms with Crippen molar-refractivity contribution in [1.29, 1.82) is 0 Å². The number of thioether (sulfide) groups is 3. The van der Waals surface area contributed by atoms with Gasteiger partial charge < -0.3 is 0 Å². The highest BCUT2D eigenvalue weighted by Gasteiger charge is 2.16. The Hall–Kier alpha value is 2.45. The number of rotatable bonds is 11. The lowest BCUT2D eigenvalue weighted by Gasteiger charge is -2.20. The first-order valence-corrected chi connectivity index (χ1v) is 11.1. The van der Waals surface area contributed by atoms with Gasteiger partial charge in [0.1, 0.15) is 0 Å². The summed E-state index contributed by atoms with van der Waals surface area (Å²) >= 11 is 23.4. The summed E-state index contributed by atoms with van der Waals surface area (Å²) in [7, 11) is 0. The lowest BCUT2D eigenvalue weighted by molar-refractivity contribution is 1.07. The maximum atomic E-state index is 4.67. The molecule has 3 atom stereocenters. The van der Waals surface area contributed by atoms with E-state index in [1.54, 1.807) is 0 Å². The molecule has 104 valence electrons. The summed E-state index contributed by atoms with van der Waals surface area (Å²) < 4.78 is 0.402. The molecule has 0 nitrogen and oxygen atoms in total. The van der Waals surface area contributed by atoms with Crippen LogP contribution in [-0.2, 0) is 0 Å². The first-order chi connectivity index (χ1) is 8.15. The first-order valence-electron chi connectivity index (χ1n) is 5.51. The van der Waals surface area contributed by atoms with Gasteiger partial charge >= 0.3 is 0 Å². The van der Waals surface area contributed by atoms with Gasteiger partial charge in [-0.1, -0.05) is 6.92 Å². The molecular weight excluding hydrogens is 345 g/mol. The minimum absolute atomic E-state index is 0.402. The van der Waals surface area contributed by atoms with E-state index in [-0.39, 0.29) is 0 Å². The van der Waals surface area contributed by atoms with Crippen molar-refractivity contribution in [2.45, 2.75) is 22.0 Å². The van der Waals surface area contributed by atoms with Gasteiger partial charge in [0.25, 0.3) is 0 Å². The summed E-state index contributed by atoms with van der Waals surface area (Å²) in [5.41, 5.74) is 0. The first kappa shape index (κ1) is 19.4. The van der Waals surface area contributed by atoms with Crippen molar-refractivity contribution in [3.05, 3.63) is 0 Å². The van der Waals surface area contributed by atoms with E-state index in [4.69, 9.17) is 0 Å². The smallest absolute Gasteiger partial charge is 0.0588 e. The van der Waals surface area contributed by atoms with Gasteiger partial charge in [-0.2, -0.15) is 74.0 Å². The molecule has 0 aromatic rings. The largest absolute Gasteiger partial charge is 0.179 e. The average Bonchev–Trinajstić information content (AvgIpc) is 2.35. The van der Waals surface area contributed by atoms with Gasteiger partial charge in [-0.05, 0) is 11.5 Å². The van der Waals surface area contributed by atoms with Crippen LogP contribution in [0.25, 0.3) is 0 Å². The molecule has 0 fully saturated rings. The molecule has 0 aliphatic rings. The van der Waals surface area contributed by atoms with Crippen LogP contribution in [0.15, 0.2) is 0 Å². The third-order valence-corrected chi connectivity index (χ3v) is 9.02. The molecular formula is C10H22S7. The molecule has 0 saturated carbocycles. The van der Waals surface area contributed by atoms with E-state index in [1.165, 1.54) is 0 Å². The van der Waals surface area contributed by atoms with Crippen LogP contribution >= 0.6 is 85.8 Å². The predicted molar refractivity (Wildman–Crippen MR) is 105 cm³/mol. The van der Waals surface area contributed by atoms with E-state index in [9.17, 15) is 0 Å². The summed E-state index contributed by atoms with van der Waals surface area (Å²) in [6.45, 7) is 2.25. The summed E-state index contributed by atoms with van der Waals surface area (Å²) in [5, 5.41) is 1.19. The van der Waals surface area contributed by atoms with Crippen LogP contribution in [0, 0.1) is 0 Å². The SMILES string of the molecule is CC(SCCS)C(S)SC[C@@H](CS)SCCS. The molecule has 0 N–H and O–H groups in total. The highest BCUT2D eigenvalue weighted by Crippen LogP contribution is 2.30. The molecule has 0 aromatic carbocycles. The van der Waals surface area contributed by atoms with Crippen molar-refractivity contribution in [1.82, 2.24) is 0 Å². The monoisotopic (exact) mass is 366 g/mol. The average molecular weight is 367 g/mol. The maximum Gasteiger partial charge on any atom is 0.0588 e. The van der Waals surface area contributed by atoms with Crippen LogP contribution in [0.5, 0.6) is 0 Å². The minimum atomic E-state index is 0.402. The Bertz CT molecular complexity index is 167. The molecule has 0 saturated heterocycles. The van der Waals surface area contributed by atoms with E-state index in [1.807, 2.05) is 35.3 Å². The maximum absolute atomic E-state index is 4.67. The van der Waals surface area contributed by atoms with Crippen molar-refractivity contribution in [2.75, 3.05) is 34.5 Å². The van der Waals surface area contributed by atoms with Crippen LogP contribution in [0.1, 0.15) is 6.92 Å². The number of hydrogen-bond acceptors (Lipinski definition) is 7. The van der Waals surface area contributed by atoms with Crippen molar-refractivity contribution in [2.24, 2.45) is 0 Å². The Balaban J connectivity index is 3.74. The Kier molecular flexibility index (Phi) is 15.4. The van der Waals surface area contributed by atoms with Gasteiger partial charge in [-0.25, -0.2) is 0 Å². The highest BCUT2D eigenvalue weighted by atomic mass is 32.2. The fraction of sp³-hybridized carbons (Fsp3) is 1.00. The lowest BCUT2D eigenvalue weighted by atomic mass is 10.5. The van der Waals surface area contributed by atoms with Crippen LogP contribution in [0.3, 0.4) is 0 Å². The third kappa shape index (κ3) is 10.9. The molecule has 0 aliphatic heterocycles. The molecule has 0 bridgehead atoms. The van der Waals surface area contributed by atoms with Gasteiger partial charge in [0.05, 0.1) is 4.58 Å². The van der Waals surface area contributed by atoms with Crippen LogP contribution in [-0.4, -0.2) is 49.6 Å². The van der Waals surface area contributed by atoms with Crippen molar-refractivity contribution >= 4 is 85.8 Å². The molecule has 17 heavy (non-hydrogen) atoms. The van der Waals surface area contributed by atoms with Crippen molar-refractivity contribution in [3.63, 3.8) is 0 Å². The molecule has 0 radical (unpaired) electrons. The quantitative estimate of drug-likeness (QED) is 0.323. The number of thiol groups is 4. The van der Waals surface area contributed by atoms with Gasteiger partial charge in [0, 0.05) is 33.5 Å². The van der Waals surface area contributed by atoms with Crippen LogP contribution in [0.2, 0.25) is 0 Å². The van der Waals surface area contributed by atoms with Crippen LogP contribution in [0.4, 0.5) is 0 Å². The molecule has 0 amide bonds. The molecule has 2 unspecified atom stereocenters. The van der Waals surface area contributed by atoms with Crippen LogP contribution < -0.4 is 0 Å². The predicted octanol–water partition coefficient (Wildman–Crippen LogP) is 3.99. The summed E-state index contributed by atoms with van der Waals surface area (Å²) in [6.07, 6.45) is 0. The van der Waals surface area contributed by atoms with E-state index < -0.39 is 0 Å². The molecule has 7 heteroatoms. The summed E-state index contributed by atoms with van der Waals surface area (Å²) in [6, 6.07) is 0. The third-order valence-electron chi connectivity index (χ3n) is 1.97. The Morgan fingerprint density at radius 1 is 0.941 bits per heavy atom.